The summed E-state index contributed by atoms with van der Waals surface area (Å²) in [6.07, 6.45) is 4.75. The van der Waals surface area contributed by atoms with Gasteiger partial charge in [0, 0.05) is 33.8 Å². The average Bonchev–Trinajstić information content (AvgIpc) is 3.50. The van der Waals surface area contributed by atoms with Crippen LogP contribution in [0.4, 0.5) is 34.1 Å². The van der Waals surface area contributed by atoms with Crippen LogP contribution in [0.5, 0.6) is 0 Å². The van der Waals surface area contributed by atoms with E-state index in [1.807, 2.05) is 0 Å². The van der Waals surface area contributed by atoms with Crippen LogP contribution >= 0.6 is 0 Å². The van der Waals surface area contributed by atoms with Crippen molar-refractivity contribution in [3.8, 4) is 0 Å². The molecule has 0 saturated heterocycles. The quantitative estimate of drug-likeness (QED) is 0.168. The molecule has 0 fully saturated rings. The van der Waals surface area contributed by atoms with Gasteiger partial charge < -0.3 is 14.2 Å². The summed E-state index contributed by atoms with van der Waals surface area (Å²) in [5, 5.41) is 1.17. The third kappa shape index (κ3) is 4.60. The number of furan rings is 1. The lowest BCUT2D eigenvalue weighted by Gasteiger charge is -2.47. The molecule has 4 heteroatoms. The van der Waals surface area contributed by atoms with Crippen LogP contribution in [0, 0.1) is 6.92 Å². The third-order valence-corrected chi connectivity index (χ3v) is 13.8. The van der Waals surface area contributed by atoms with E-state index in [0.29, 0.717) is 0 Å². The maximum atomic E-state index is 7.15. The van der Waals surface area contributed by atoms with Crippen molar-refractivity contribution in [2.45, 2.75) is 110 Å². The van der Waals surface area contributed by atoms with E-state index in [1.54, 1.807) is 0 Å². The van der Waals surface area contributed by atoms with E-state index in [2.05, 4.69) is 169 Å². The van der Waals surface area contributed by atoms with Crippen molar-refractivity contribution in [2.24, 2.45) is 0 Å². The summed E-state index contributed by atoms with van der Waals surface area (Å²) >= 11 is 0. The highest BCUT2D eigenvalue weighted by molar-refractivity contribution is 7.00. The van der Waals surface area contributed by atoms with Gasteiger partial charge in [0.2, 0.25) is 0 Å². The first kappa shape index (κ1) is 32.9. The molecule has 10 rings (SSSR count). The predicted molar refractivity (Wildman–Crippen MR) is 226 cm³/mol. The Morgan fingerprint density at radius 1 is 0.528 bits per heavy atom. The molecule has 3 heterocycles. The summed E-state index contributed by atoms with van der Waals surface area (Å²) in [7, 11) is 0. The summed E-state index contributed by atoms with van der Waals surface area (Å²) in [4.78, 5) is 5.09. The lowest BCUT2D eigenvalue weighted by Crippen LogP contribution is -2.61. The SMILES string of the molecule is Cc1ccc2oc3c(c2c1)N(c1ccccc1)c1cccc2c1B3c1cc3c(cc1N2c1ccc2c(c1)C(C)(C)CCC2(C)C)C(C)(C)CCC3(C)C. The first-order valence-electron chi connectivity index (χ1n) is 19.8. The van der Waals surface area contributed by atoms with Crippen molar-refractivity contribution in [3.05, 3.63) is 125 Å². The number of aryl methyl sites for hydroxylation is 1. The number of hydrogen-bond donors (Lipinski definition) is 0. The molecule has 6 aromatic rings. The fourth-order valence-electron chi connectivity index (χ4n) is 10.4. The Hall–Kier alpha value is -4.70. The second-order valence-electron chi connectivity index (χ2n) is 19.2. The number of nitrogens with zero attached hydrogens (tertiary/aromatic N) is 2. The topological polar surface area (TPSA) is 19.6 Å². The largest absolute Gasteiger partial charge is 0.468 e. The molecule has 3 nitrogen and oxygen atoms in total. The first-order valence-corrected chi connectivity index (χ1v) is 19.8. The van der Waals surface area contributed by atoms with Crippen LogP contribution in [0.1, 0.15) is 109 Å². The van der Waals surface area contributed by atoms with Gasteiger partial charge in [-0.1, -0.05) is 103 Å². The fraction of sp³-hybridized carbons (Fsp3) is 0.347. The molecule has 1 aromatic heterocycles. The second kappa shape index (κ2) is 10.7. The van der Waals surface area contributed by atoms with Gasteiger partial charge in [-0.2, -0.15) is 0 Å². The number of para-hydroxylation sites is 1. The lowest BCUT2D eigenvalue weighted by atomic mass is 9.35. The molecular weight excluding hydrogens is 643 g/mol. The molecule has 2 aliphatic carbocycles. The van der Waals surface area contributed by atoms with Gasteiger partial charge in [0.1, 0.15) is 5.58 Å². The molecule has 0 spiro atoms. The predicted octanol–water partition coefficient (Wildman–Crippen LogP) is 11.5. The standard InChI is InChI=1S/C49H51BN2O/c1-30-18-21-42-33(26-30)44-45(53-42)50-38-28-36-37(49(8,9)25-24-48(36,6)7)29-41(38)51(32-19-20-34-35(27-32)47(4,5)23-22-46(34,2)3)39-16-13-17-40(43(39)50)52(44)31-14-11-10-12-15-31/h10-21,26-29H,22-25H2,1-9H3. The zero-order valence-electron chi connectivity index (χ0n) is 32.9. The summed E-state index contributed by atoms with van der Waals surface area (Å²) in [6.45, 7) is 21.7. The minimum atomic E-state index is -0.0470. The highest BCUT2D eigenvalue weighted by atomic mass is 16.3. The Morgan fingerprint density at radius 2 is 1.13 bits per heavy atom. The second-order valence-corrected chi connectivity index (χ2v) is 19.2. The maximum Gasteiger partial charge on any atom is 0.297 e. The Bertz CT molecular complexity index is 2500. The molecule has 2 aliphatic heterocycles. The normalized spacial score (nSPS) is 19.6. The van der Waals surface area contributed by atoms with E-state index in [4.69, 9.17) is 4.42 Å². The van der Waals surface area contributed by atoms with Crippen LogP contribution in [0.3, 0.4) is 0 Å². The van der Waals surface area contributed by atoms with Gasteiger partial charge in [-0.25, -0.2) is 0 Å². The highest BCUT2D eigenvalue weighted by Gasteiger charge is 2.49. The van der Waals surface area contributed by atoms with Gasteiger partial charge in [0.25, 0.3) is 6.71 Å². The van der Waals surface area contributed by atoms with E-state index in [9.17, 15) is 0 Å². The minimum absolute atomic E-state index is 0.0470. The monoisotopic (exact) mass is 694 g/mol. The lowest BCUT2D eigenvalue weighted by molar-refractivity contribution is 0.332. The van der Waals surface area contributed by atoms with E-state index < -0.39 is 0 Å². The molecule has 53 heavy (non-hydrogen) atoms. The van der Waals surface area contributed by atoms with E-state index in [0.717, 1.165) is 16.9 Å². The number of benzene rings is 5. The number of anilines is 6. The van der Waals surface area contributed by atoms with Crippen molar-refractivity contribution in [1.82, 2.24) is 0 Å². The molecular formula is C49H51BN2O. The van der Waals surface area contributed by atoms with Crippen molar-refractivity contribution in [2.75, 3.05) is 9.80 Å². The molecule has 266 valence electrons. The fourth-order valence-corrected chi connectivity index (χ4v) is 10.4. The molecule has 0 amide bonds. The molecule has 0 radical (unpaired) electrons. The van der Waals surface area contributed by atoms with Crippen LogP contribution in [0.25, 0.3) is 11.0 Å². The Kier molecular flexibility index (Phi) is 6.65. The average molecular weight is 695 g/mol. The molecule has 0 N–H and O–H groups in total. The van der Waals surface area contributed by atoms with Crippen LogP contribution in [-0.2, 0) is 21.7 Å². The highest BCUT2D eigenvalue weighted by Crippen LogP contribution is 2.53. The number of fused-ring (bicyclic) bond motifs is 8. The zero-order chi connectivity index (χ0) is 36.8. The molecule has 0 unspecified atom stereocenters. The summed E-state index contributed by atoms with van der Waals surface area (Å²) in [6, 6.07) is 37.1. The van der Waals surface area contributed by atoms with Gasteiger partial charge in [-0.15, -0.1) is 0 Å². The molecule has 0 atom stereocenters. The first-order chi connectivity index (χ1) is 25.2. The van der Waals surface area contributed by atoms with E-state index >= 15 is 0 Å². The smallest absolute Gasteiger partial charge is 0.297 e. The van der Waals surface area contributed by atoms with Crippen LogP contribution in [0.2, 0.25) is 0 Å². The Balaban J connectivity index is 1.33. The Labute approximate surface area is 316 Å². The summed E-state index contributed by atoms with van der Waals surface area (Å²) in [5.41, 5.74) is 19.5. The molecule has 4 aliphatic rings. The van der Waals surface area contributed by atoms with Gasteiger partial charge in [0.15, 0.2) is 0 Å². The van der Waals surface area contributed by atoms with Crippen molar-refractivity contribution >= 4 is 68.4 Å². The van der Waals surface area contributed by atoms with Crippen LogP contribution in [0.15, 0.2) is 101 Å². The van der Waals surface area contributed by atoms with Crippen LogP contribution < -0.4 is 26.4 Å². The van der Waals surface area contributed by atoms with Gasteiger partial charge in [-0.05, 0) is 142 Å². The van der Waals surface area contributed by atoms with Crippen molar-refractivity contribution in [1.29, 1.82) is 0 Å². The van der Waals surface area contributed by atoms with Crippen molar-refractivity contribution in [3.63, 3.8) is 0 Å². The van der Waals surface area contributed by atoms with E-state index in [-0.39, 0.29) is 28.4 Å². The summed E-state index contributed by atoms with van der Waals surface area (Å²) < 4.78 is 7.15. The summed E-state index contributed by atoms with van der Waals surface area (Å²) in [5.74, 6) is 0. The number of hydrogen-bond acceptors (Lipinski definition) is 3. The molecule has 0 saturated carbocycles. The van der Waals surface area contributed by atoms with Gasteiger partial charge >= 0.3 is 0 Å². The van der Waals surface area contributed by atoms with Crippen molar-refractivity contribution < 1.29 is 4.42 Å². The zero-order valence-corrected chi connectivity index (χ0v) is 32.9. The minimum Gasteiger partial charge on any atom is -0.468 e. The van der Waals surface area contributed by atoms with Gasteiger partial charge in [0.05, 0.1) is 11.3 Å². The Morgan fingerprint density at radius 3 is 1.81 bits per heavy atom. The van der Waals surface area contributed by atoms with Crippen LogP contribution in [-0.4, -0.2) is 6.71 Å². The molecule has 5 aromatic carbocycles. The number of rotatable bonds is 2. The molecule has 0 bridgehead atoms. The van der Waals surface area contributed by atoms with E-state index in [1.165, 1.54) is 98.2 Å². The van der Waals surface area contributed by atoms with Gasteiger partial charge in [-0.3, -0.25) is 0 Å². The third-order valence-electron chi connectivity index (χ3n) is 13.8. The maximum absolute atomic E-state index is 7.15.